The molecule has 0 aromatic rings. The van der Waals surface area contributed by atoms with Gasteiger partial charge in [-0.3, -0.25) is 4.57 Å². The van der Waals surface area contributed by atoms with Gasteiger partial charge in [0.15, 0.2) is 0 Å². The average molecular weight is 248 g/mol. The molecule has 0 aliphatic heterocycles. The fourth-order valence-electron chi connectivity index (χ4n) is 2.09. The van der Waals surface area contributed by atoms with Gasteiger partial charge in [-0.2, -0.15) is 0 Å². The lowest BCUT2D eigenvalue weighted by Gasteiger charge is -2.23. The molecule has 0 aliphatic rings. The summed E-state index contributed by atoms with van der Waals surface area (Å²) < 4.78 is 11.8. The van der Waals surface area contributed by atoms with Crippen LogP contribution in [0, 0.1) is 11.3 Å². The third-order valence-electron chi connectivity index (χ3n) is 2.79. The molecule has 0 saturated carbocycles. The summed E-state index contributed by atoms with van der Waals surface area (Å²) in [6, 6.07) is 0. The summed E-state index contributed by atoms with van der Waals surface area (Å²) in [5.41, 5.74) is 0.322. The lowest BCUT2D eigenvalue weighted by molar-refractivity contribution is 0.301. The van der Waals surface area contributed by atoms with E-state index < -0.39 is 7.37 Å². The molecule has 0 fully saturated rings. The van der Waals surface area contributed by atoms with Crippen LogP contribution < -0.4 is 0 Å². The van der Waals surface area contributed by atoms with Gasteiger partial charge < -0.3 is 4.89 Å². The maximum Gasteiger partial charge on any atom is 0.200 e. The summed E-state index contributed by atoms with van der Waals surface area (Å²) in [6.45, 7) is 10.9. The molecule has 1 N–H and O–H groups in total. The second kappa shape index (κ2) is 6.81. The van der Waals surface area contributed by atoms with E-state index in [1.807, 2.05) is 0 Å². The molecular weight excluding hydrogens is 219 g/mol. The Morgan fingerprint density at radius 2 is 1.81 bits per heavy atom. The largest absolute Gasteiger partial charge is 0.344 e. The molecule has 0 saturated heterocycles. The number of hydrogen-bond donors (Lipinski definition) is 1. The molecule has 0 radical (unpaired) electrons. The SMILES string of the molecule is CCCCP(=O)(O)CCC(C)CC(C)(C)C. The number of unbranched alkanes of at least 4 members (excludes halogenated alkanes) is 1. The van der Waals surface area contributed by atoms with E-state index in [1.54, 1.807) is 0 Å². The van der Waals surface area contributed by atoms with Crippen molar-refractivity contribution < 1.29 is 9.46 Å². The fourth-order valence-corrected chi connectivity index (χ4v) is 3.96. The first-order valence-corrected chi connectivity index (χ1v) is 8.50. The van der Waals surface area contributed by atoms with Crippen LogP contribution >= 0.6 is 7.37 Å². The van der Waals surface area contributed by atoms with Crippen molar-refractivity contribution in [2.45, 2.75) is 60.3 Å². The van der Waals surface area contributed by atoms with E-state index in [1.165, 1.54) is 0 Å². The zero-order valence-electron chi connectivity index (χ0n) is 11.6. The Hall–Kier alpha value is 0.190. The van der Waals surface area contributed by atoms with E-state index in [-0.39, 0.29) is 0 Å². The van der Waals surface area contributed by atoms with E-state index in [0.717, 1.165) is 25.7 Å². The van der Waals surface area contributed by atoms with Gasteiger partial charge in [-0.1, -0.05) is 41.0 Å². The van der Waals surface area contributed by atoms with Crippen LogP contribution in [0.1, 0.15) is 60.3 Å². The standard InChI is InChI=1S/C13H29O2P/c1-6-7-9-16(14,15)10-8-12(2)11-13(3,4)5/h12H,6-11H2,1-5H3,(H,14,15). The maximum atomic E-state index is 11.8. The van der Waals surface area contributed by atoms with Gasteiger partial charge in [0, 0.05) is 12.3 Å². The first-order valence-electron chi connectivity index (χ1n) is 6.47. The Morgan fingerprint density at radius 1 is 1.25 bits per heavy atom. The molecule has 3 heteroatoms. The van der Waals surface area contributed by atoms with Gasteiger partial charge in [-0.05, 0) is 30.6 Å². The molecule has 16 heavy (non-hydrogen) atoms. The Morgan fingerprint density at radius 3 is 2.25 bits per heavy atom. The van der Waals surface area contributed by atoms with Crippen LogP contribution in [0.3, 0.4) is 0 Å². The molecule has 0 aliphatic carbocycles. The van der Waals surface area contributed by atoms with Crippen molar-refractivity contribution in [2.75, 3.05) is 12.3 Å². The number of hydrogen-bond acceptors (Lipinski definition) is 1. The predicted octanol–water partition coefficient (Wildman–Crippen LogP) is 4.52. The minimum atomic E-state index is -2.83. The van der Waals surface area contributed by atoms with Crippen LogP contribution in [0.15, 0.2) is 0 Å². The molecular formula is C13H29O2P. The van der Waals surface area contributed by atoms with Gasteiger partial charge in [0.05, 0.1) is 0 Å². The molecule has 0 spiro atoms. The van der Waals surface area contributed by atoms with E-state index in [2.05, 4.69) is 34.6 Å². The van der Waals surface area contributed by atoms with Crippen LogP contribution in [0.5, 0.6) is 0 Å². The van der Waals surface area contributed by atoms with Crippen LogP contribution in [-0.4, -0.2) is 17.2 Å². The third-order valence-corrected chi connectivity index (χ3v) is 4.77. The van der Waals surface area contributed by atoms with E-state index in [9.17, 15) is 9.46 Å². The van der Waals surface area contributed by atoms with Crippen LogP contribution in [0.25, 0.3) is 0 Å². The third kappa shape index (κ3) is 9.42. The molecule has 2 atom stereocenters. The highest BCUT2D eigenvalue weighted by Gasteiger charge is 2.21. The van der Waals surface area contributed by atoms with Crippen LogP contribution in [0.4, 0.5) is 0 Å². The van der Waals surface area contributed by atoms with Gasteiger partial charge in [0.25, 0.3) is 0 Å². The summed E-state index contributed by atoms with van der Waals surface area (Å²) in [5.74, 6) is 0.544. The van der Waals surface area contributed by atoms with E-state index in [0.29, 0.717) is 23.7 Å². The Balaban J connectivity index is 3.90. The molecule has 2 unspecified atom stereocenters. The minimum Gasteiger partial charge on any atom is -0.344 e. The second-order valence-electron chi connectivity index (χ2n) is 6.31. The summed E-state index contributed by atoms with van der Waals surface area (Å²) >= 11 is 0. The topological polar surface area (TPSA) is 37.3 Å². The first-order chi connectivity index (χ1) is 7.16. The molecule has 0 aromatic heterocycles. The maximum absolute atomic E-state index is 11.8. The van der Waals surface area contributed by atoms with Crippen molar-refractivity contribution in [3.05, 3.63) is 0 Å². The molecule has 0 rings (SSSR count). The number of rotatable bonds is 7. The Labute approximate surface area is 101 Å². The minimum absolute atomic E-state index is 0.322. The zero-order chi connectivity index (χ0) is 12.8. The van der Waals surface area contributed by atoms with E-state index >= 15 is 0 Å². The lowest BCUT2D eigenvalue weighted by atomic mass is 9.84. The quantitative estimate of drug-likeness (QED) is 0.672. The highest BCUT2D eigenvalue weighted by Crippen LogP contribution is 2.43. The van der Waals surface area contributed by atoms with Crippen molar-refractivity contribution in [3.63, 3.8) is 0 Å². The molecule has 0 bridgehead atoms. The predicted molar refractivity (Wildman–Crippen MR) is 72.3 cm³/mol. The van der Waals surface area contributed by atoms with Crippen molar-refractivity contribution in [3.8, 4) is 0 Å². The summed E-state index contributed by atoms with van der Waals surface area (Å²) in [5, 5.41) is 0. The molecule has 0 amide bonds. The van der Waals surface area contributed by atoms with Gasteiger partial charge in [0.2, 0.25) is 7.37 Å². The Bertz CT molecular complexity index is 231. The van der Waals surface area contributed by atoms with E-state index in [4.69, 9.17) is 0 Å². The monoisotopic (exact) mass is 248 g/mol. The Kier molecular flexibility index (Phi) is 6.89. The molecule has 0 aromatic carbocycles. The smallest absolute Gasteiger partial charge is 0.200 e. The summed E-state index contributed by atoms with van der Waals surface area (Å²) in [7, 11) is -2.83. The second-order valence-corrected chi connectivity index (χ2v) is 8.89. The van der Waals surface area contributed by atoms with Crippen molar-refractivity contribution in [2.24, 2.45) is 11.3 Å². The van der Waals surface area contributed by atoms with Gasteiger partial charge in [0.1, 0.15) is 0 Å². The summed E-state index contributed by atoms with van der Waals surface area (Å²) in [4.78, 5) is 9.75. The fraction of sp³-hybridized carbons (Fsp3) is 1.00. The van der Waals surface area contributed by atoms with Gasteiger partial charge in [-0.25, -0.2) is 0 Å². The van der Waals surface area contributed by atoms with Crippen molar-refractivity contribution in [1.29, 1.82) is 0 Å². The van der Waals surface area contributed by atoms with Crippen LogP contribution in [0.2, 0.25) is 0 Å². The molecule has 98 valence electrons. The first kappa shape index (κ1) is 16.2. The van der Waals surface area contributed by atoms with Crippen molar-refractivity contribution >= 4 is 7.37 Å². The zero-order valence-corrected chi connectivity index (χ0v) is 12.5. The van der Waals surface area contributed by atoms with Crippen molar-refractivity contribution in [1.82, 2.24) is 0 Å². The van der Waals surface area contributed by atoms with Gasteiger partial charge >= 0.3 is 0 Å². The average Bonchev–Trinajstić information content (AvgIpc) is 2.09. The van der Waals surface area contributed by atoms with Gasteiger partial charge in [-0.15, -0.1) is 0 Å². The summed E-state index contributed by atoms with van der Waals surface area (Å²) in [6.07, 6.45) is 4.90. The molecule has 2 nitrogen and oxygen atoms in total. The molecule has 0 heterocycles. The van der Waals surface area contributed by atoms with Crippen LogP contribution in [-0.2, 0) is 4.57 Å². The highest BCUT2D eigenvalue weighted by molar-refractivity contribution is 7.57. The highest BCUT2D eigenvalue weighted by atomic mass is 31.2. The lowest BCUT2D eigenvalue weighted by Crippen LogP contribution is -2.12. The normalized spacial score (nSPS) is 18.1.